The van der Waals surface area contributed by atoms with Crippen molar-refractivity contribution in [1.29, 1.82) is 0 Å². The summed E-state index contributed by atoms with van der Waals surface area (Å²) in [5.74, 6) is -1.19. The van der Waals surface area contributed by atoms with Crippen LogP contribution in [0.3, 0.4) is 0 Å². The van der Waals surface area contributed by atoms with E-state index < -0.39 is 18.9 Å². The van der Waals surface area contributed by atoms with Crippen molar-refractivity contribution in [3.63, 3.8) is 0 Å². The molecule has 4 nitrogen and oxygen atoms in total. The van der Waals surface area contributed by atoms with Crippen LogP contribution in [0.15, 0.2) is 18.2 Å². The number of hydrogen-bond acceptors (Lipinski definition) is 3. The molecule has 0 aromatic heterocycles. The van der Waals surface area contributed by atoms with Gasteiger partial charge in [0.05, 0.1) is 17.8 Å². The van der Waals surface area contributed by atoms with Gasteiger partial charge in [0.15, 0.2) is 0 Å². The number of carbonyl (C=O) groups is 1. The Kier molecular flexibility index (Phi) is 3.43. The van der Waals surface area contributed by atoms with Crippen LogP contribution in [0.4, 0.5) is 20.2 Å². The molecule has 82 valence electrons. The number of aromatic carboxylic acids is 1. The molecule has 0 spiro atoms. The van der Waals surface area contributed by atoms with Gasteiger partial charge in [-0.25, -0.2) is 13.6 Å². The van der Waals surface area contributed by atoms with Crippen molar-refractivity contribution in [1.82, 2.24) is 0 Å². The summed E-state index contributed by atoms with van der Waals surface area (Å²) >= 11 is 0. The molecular formula is C9H10F2N2O2. The van der Waals surface area contributed by atoms with E-state index in [4.69, 9.17) is 10.8 Å². The number of anilines is 2. The molecule has 0 aliphatic heterocycles. The SMILES string of the molecule is Nc1ccc(C(=O)O)c(NCC(F)F)c1. The maximum absolute atomic E-state index is 11.9. The maximum atomic E-state index is 11.9. The third-order valence-corrected chi connectivity index (χ3v) is 1.72. The van der Waals surface area contributed by atoms with Crippen molar-refractivity contribution in [2.45, 2.75) is 6.43 Å². The molecule has 0 heterocycles. The Labute approximate surface area is 84.7 Å². The van der Waals surface area contributed by atoms with E-state index in [-0.39, 0.29) is 11.3 Å². The number of rotatable bonds is 4. The minimum Gasteiger partial charge on any atom is -0.478 e. The van der Waals surface area contributed by atoms with E-state index in [1.54, 1.807) is 0 Å². The third kappa shape index (κ3) is 3.08. The Hall–Kier alpha value is -1.85. The molecule has 0 unspecified atom stereocenters. The molecule has 0 saturated carbocycles. The average molecular weight is 216 g/mol. The Bertz CT molecular complexity index is 369. The minimum atomic E-state index is -2.55. The van der Waals surface area contributed by atoms with E-state index in [1.165, 1.54) is 18.2 Å². The number of hydrogen-bond donors (Lipinski definition) is 3. The highest BCUT2D eigenvalue weighted by atomic mass is 19.3. The monoisotopic (exact) mass is 216 g/mol. The van der Waals surface area contributed by atoms with E-state index in [0.29, 0.717) is 5.69 Å². The number of nitrogen functional groups attached to an aromatic ring is 1. The molecule has 0 aliphatic rings. The van der Waals surface area contributed by atoms with E-state index in [1.807, 2.05) is 0 Å². The van der Waals surface area contributed by atoms with Gasteiger partial charge in [-0.1, -0.05) is 0 Å². The standard InChI is InChI=1S/C9H10F2N2O2/c10-8(11)4-13-7-3-5(12)1-2-6(7)9(14)15/h1-3,8,13H,4,12H2,(H,14,15). The van der Waals surface area contributed by atoms with Crippen LogP contribution < -0.4 is 11.1 Å². The van der Waals surface area contributed by atoms with Gasteiger partial charge in [0.2, 0.25) is 0 Å². The molecule has 0 amide bonds. The molecule has 1 aromatic rings. The molecule has 15 heavy (non-hydrogen) atoms. The second-order valence-corrected chi connectivity index (χ2v) is 2.88. The Morgan fingerprint density at radius 1 is 1.53 bits per heavy atom. The van der Waals surface area contributed by atoms with Crippen molar-refractivity contribution in [2.24, 2.45) is 0 Å². The number of nitrogens with one attached hydrogen (secondary N) is 1. The van der Waals surface area contributed by atoms with E-state index in [2.05, 4.69) is 5.32 Å². The number of nitrogens with two attached hydrogens (primary N) is 1. The smallest absolute Gasteiger partial charge is 0.337 e. The molecule has 0 radical (unpaired) electrons. The van der Waals surface area contributed by atoms with Crippen molar-refractivity contribution in [3.05, 3.63) is 23.8 Å². The summed E-state index contributed by atoms with van der Waals surface area (Å²) in [7, 11) is 0. The Balaban J connectivity index is 2.92. The van der Waals surface area contributed by atoms with Crippen molar-refractivity contribution in [2.75, 3.05) is 17.6 Å². The third-order valence-electron chi connectivity index (χ3n) is 1.72. The van der Waals surface area contributed by atoms with E-state index in [9.17, 15) is 13.6 Å². The van der Waals surface area contributed by atoms with Crippen LogP contribution in [0.2, 0.25) is 0 Å². The summed E-state index contributed by atoms with van der Waals surface area (Å²) in [6, 6.07) is 3.98. The summed E-state index contributed by atoms with van der Waals surface area (Å²) in [4.78, 5) is 10.7. The molecule has 1 rings (SSSR count). The van der Waals surface area contributed by atoms with Gasteiger partial charge in [0.25, 0.3) is 6.43 Å². The van der Waals surface area contributed by atoms with E-state index in [0.717, 1.165) is 0 Å². The van der Waals surface area contributed by atoms with Crippen LogP contribution in [0.5, 0.6) is 0 Å². The number of alkyl halides is 2. The van der Waals surface area contributed by atoms with Gasteiger partial charge in [-0.3, -0.25) is 0 Å². The zero-order chi connectivity index (χ0) is 11.4. The predicted molar refractivity (Wildman–Crippen MR) is 52.3 cm³/mol. The van der Waals surface area contributed by atoms with Gasteiger partial charge < -0.3 is 16.2 Å². The van der Waals surface area contributed by atoms with Gasteiger partial charge in [0.1, 0.15) is 0 Å². The lowest BCUT2D eigenvalue weighted by molar-refractivity contribution is 0.0697. The lowest BCUT2D eigenvalue weighted by Crippen LogP contribution is -2.13. The summed E-state index contributed by atoms with van der Waals surface area (Å²) in [5, 5.41) is 11.1. The highest BCUT2D eigenvalue weighted by Crippen LogP contribution is 2.19. The largest absolute Gasteiger partial charge is 0.478 e. The summed E-state index contributed by atoms with van der Waals surface area (Å²) in [6.45, 7) is -0.607. The number of halogens is 2. The second kappa shape index (κ2) is 4.59. The van der Waals surface area contributed by atoms with Crippen LogP contribution in [0.1, 0.15) is 10.4 Å². The van der Waals surface area contributed by atoms with E-state index >= 15 is 0 Å². The first-order valence-corrected chi connectivity index (χ1v) is 4.15. The summed E-state index contributed by atoms with van der Waals surface area (Å²) in [5.41, 5.74) is 5.75. The van der Waals surface area contributed by atoms with Crippen molar-refractivity contribution in [3.8, 4) is 0 Å². The average Bonchev–Trinajstić information content (AvgIpc) is 2.14. The Morgan fingerprint density at radius 2 is 2.20 bits per heavy atom. The normalized spacial score (nSPS) is 10.3. The lowest BCUT2D eigenvalue weighted by Gasteiger charge is -2.09. The fourth-order valence-corrected chi connectivity index (χ4v) is 1.08. The first-order chi connectivity index (χ1) is 7.00. The first-order valence-electron chi connectivity index (χ1n) is 4.15. The number of benzene rings is 1. The fraction of sp³-hybridized carbons (Fsp3) is 0.222. The fourth-order valence-electron chi connectivity index (χ4n) is 1.08. The second-order valence-electron chi connectivity index (χ2n) is 2.88. The molecule has 4 N–H and O–H groups in total. The highest BCUT2D eigenvalue weighted by Gasteiger charge is 2.11. The van der Waals surface area contributed by atoms with Gasteiger partial charge >= 0.3 is 5.97 Å². The van der Waals surface area contributed by atoms with Crippen LogP contribution in [0, 0.1) is 0 Å². The van der Waals surface area contributed by atoms with Gasteiger partial charge in [0, 0.05) is 5.69 Å². The summed E-state index contributed by atoms with van der Waals surface area (Å²) in [6.07, 6.45) is -2.55. The van der Waals surface area contributed by atoms with Gasteiger partial charge in [-0.15, -0.1) is 0 Å². The lowest BCUT2D eigenvalue weighted by atomic mass is 10.1. The van der Waals surface area contributed by atoms with Gasteiger partial charge in [-0.2, -0.15) is 0 Å². The Morgan fingerprint density at radius 3 is 2.73 bits per heavy atom. The predicted octanol–water partition coefficient (Wildman–Crippen LogP) is 1.64. The highest BCUT2D eigenvalue weighted by molar-refractivity contribution is 5.95. The van der Waals surface area contributed by atoms with Crippen LogP contribution in [-0.2, 0) is 0 Å². The van der Waals surface area contributed by atoms with Crippen LogP contribution in [-0.4, -0.2) is 24.0 Å². The quantitative estimate of drug-likeness (QED) is 0.669. The topological polar surface area (TPSA) is 75.4 Å². The van der Waals surface area contributed by atoms with Crippen molar-refractivity contribution < 1.29 is 18.7 Å². The molecule has 1 aromatic carbocycles. The zero-order valence-electron chi connectivity index (χ0n) is 7.71. The minimum absolute atomic E-state index is 0.0788. The molecule has 0 fully saturated rings. The molecule has 0 aliphatic carbocycles. The van der Waals surface area contributed by atoms with Crippen LogP contribution >= 0.6 is 0 Å². The molecular weight excluding hydrogens is 206 g/mol. The number of carboxylic acids is 1. The van der Waals surface area contributed by atoms with Gasteiger partial charge in [-0.05, 0) is 18.2 Å². The first kappa shape index (κ1) is 11.2. The molecule has 0 saturated heterocycles. The van der Waals surface area contributed by atoms with Crippen molar-refractivity contribution >= 4 is 17.3 Å². The number of carboxylic acid groups (broad SMARTS) is 1. The zero-order valence-corrected chi connectivity index (χ0v) is 7.71. The molecule has 0 atom stereocenters. The molecule has 6 heteroatoms. The maximum Gasteiger partial charge on any atom is 0.337 e. The van der Waals surface area contributed by atoms with Crippen LogP contribution in [0.25, 0.3) is 0 Å². The molecule has 0 bridgehead atoms. The summed E-state index contributed by atoms with van der Waals surface area (Å²) < 4.78 is 23.8.